The lowest BCUT2D eigenvalue weighted by molar-refractivity contribution is -0.120. The highest BCUT2D eigenvalue weighted by molar-refractivity contribution is 7.22. The van der Waals surface area contributed by atoms with Crippen molar-refractivity contribution in [2.45, 2.75) is 33.6 Å². The summed E-state index contributed by atoms with van der Waals surface area (Å²) in [6, 6.07) is 13.9. The molecule has 1 aliphatic rings. The zero-order chi connectivity index (χ0) is 23.1. The Morgan fingerprint density at radius 2 is 1.94 bits per heavy atom. The molecule has 1 fully saturated rings. The van der Waals surface area contributed by atoms with Gasteiger partial charge in [-0.25, -0.2) is 4.68 Å². The molecule has 4 aromatic rings. The molecule has 0 spiro atoms. The number of rotatable bonds is 4. The summed E-state index contributed by atoms with van der Waals surface area (Å²) >= 11 is 7.87. The molecule has 1 aliphatic heterocycles. The molecule has 0 unspecified atom stereocenters. The van der Waals surface area contributed by atoms with E-state index in [1.165, 1.54) is 5.56 Å². The van der Waals surface area contributed by atoms with Gasteiger partial charge in [-0.3, -0.25) is 4.79 Å². The van der Waals surface area contributed by atoms with Crippen LogP contribution in [0.2, 0.25) is 5.02 Å². The third-order valence-corrected chi connectivity index (χ3v) is 7.87. The van der Waals surface area contributed by atoms with Crippen LogP contribution in [0.1, 0.15) is 29.7 Å². The number of aryl methyl sites for hydroxylation is 2. The molecule has 1 N–H and O–H groups in total. The van der Waals surface area contributed by atoms with Crippen LogP contribution < -0.4 is 10.2 Å². The van der Waals surface area contributed by atoms with Crippen LogP contribution in [-0.2, 0) is 4.79 Å². The molecule has 1 saturated heterocycles. The highest BCUT2D eigenvalue weighted by Gasteiger charge is 2.29. The molecule has 170 valence electrons. The highest BCUT2D eigenvalue weighted by Crippen LogP contribution is 2.35. The lowest BCUT2D eigenvalue weighted by atomic mass is 9.97. The van der Waals surface area contributed by atoms with Crippen molar-refractivity contribution in [3.63, 3.8) is 0 Å². The number of amides is 1. The Balaban J connectivity index is 1.37. The van der Waals surface area contributed by atoms with Crippen molar-refractivity contribution in [3.05, 3.63) is 64.3 Å². The lowest BCUT2D eigenvalue weighted by Crippen LogP contribution is -2.40. The molecule has 5 rings (SSSR count). The van der Waals surface area contributed by atoms with Gasteiger partial charge in [0.2, 0.25) is 5.91 Å². The summed E-state index contributed by atoms with van der Waals surface area (Å²) in [7, 11) is 0. The summed E-state index contributed by atoms with van der Waals surface area (Å²) in [6.07, 6.45) is 1.81. The summed E-state index contributed by atoms with van der Waals surface area (Å²) < 4.78 is 3.01. The van der Waals surface area contributed by atoms with E-state index in [9.17, 15) is 4.79 Å². The molecule has 33 heavy (non-hydrogen) atoms. The molecule has 8 heteroatoms. The number of nitrogens with zero attached hydrogens (tertiary/aromatic N) is 4. The van der Waals surface area contributed by atoms with Gasteiger partial charge in [-0.15, -0.1) is 0 Å². The van der Waals surface area contributed by atoms with Gasteiger partial charge in [-0.1, -0.05) is 46.7 Å². The van der Waals surface area contributed by atoms with Crippen LogP contribution in [0.4, 0.5) is 10.8 Å². The average molecular weight is 480 g/mol. The monoisotopic (exact) mass is 479 g/mol. The number of thiazole rings is 1. The molecule has 0 radical (unpaired) electrons. The van der Waals surface area contributed by atoms with Crippen LogP contribution in [-0.4, -0.2) is 33.8 Å². The summed E-state index contributed by atoms with van der Waals surface area (Å²) in [5, 5.41) is 9.39. The van der Waals surface area contributed by atoms with E-state index in [1.54, 1.807) is 11.3 Å². The fourth-order valence-corrected chi connectivity index (χ4v) is 5.46. The number of nitrogens with one attached hydrogen (secondary N) is 1. The van der Waals surface area contributed by atoms with Gasteiger partial charge in [0.25, 0.3) is 0 Å². The van der Waals surface area contributed by atoms with Crippen molar-refractivity contribution in [2.24, 2.45) is 5.92 Å². The number of fused-ring (bicyclic) bond motifs is 1. The minimum Gasteiger partial charge on any atom is -0.347 e. The van der Waals surface area contributed by atoms with Gasteiger partial charge in [0.15, 0.2) is 10.8 Å². The SMILES string of the molecule is Cc1ccc(-n2nc(C)c3sc(N4CCC[C@@H](C(=O)Nc5cccc(Cl)c5C)C4)nc32)cc1. The maximum absolute atomic E-state index is 13.0. The number of piperidine rings is 1. The zero-order valence-corrected chi connectivity index (χ0v) is 20.5. The van der Waals surface area contributed by atoms with Crippen molar-refractivity contribution >= 4 is 50.0 Å². The number of hydrogen-bond donors (Lipinski definition) is 1. The maximum atomic E-state index is 13.0. The Morgan fingerprint density at radius 3 is 2.73 bits per heavy atom. The number of carbonyl (C=O) groups is 1. The lowest BCUT2D eigenvalue weighted by Gasteiger charge is -2.31. The third-order valence-electron chi connectivity index (χ3n) is 6.24. The van der Waals surface area contributed by atoms with Gasteiger partial charge in [0.05, 0.1) is 22.0 Å². The Bertz CT molecular complexity index is 1330. The highest BCUT2D eigenvalue weighted by atomic mass is 35.5. The van der Waals surface area contributed by atoms with E-state index < -0.39 is 0 Å². The molecule has 1 amide bonds. The zero-order valence-electron chi connectivity index (χ0n) is 18.9. The molecule has 0 aliphatic carbocycles. The first-order valence-electron chi connectivity index (χ1n) is 11.1. The summed E-state index contributed by atoms with van der Waals surface area (Å²) in [5.41, 5.74) is 5.72. The second-order valence-corrected chi connectivity index (χ2v) is 10.1. The number of anilines is 2. The van der Waals surface area contributed by atoms with Gasteiger partial charge in [-0.2, -0.15) is 10.1 Å². The van der Waals surface area contributed by atoms with Crippen LogP contribution in [0.5, 0.6) is 0 Å². The molecule has 3 heterocycles. The van der Waals surface area contributed by atoms with E-state index in [0.29, 0.717) is 11.6 Å². The van der Waals surface area contributed by atoms with Crippen LogP contribution in [0, 0.1) is 26.7 Å². The minimum absolute atomic E-state index is 0.0354. The maximum Gasteiger partial charge on any atom is 0.229 e. The van der Waals surface area contributed by atoms with Gasteiger partial charge in [0.1, 0.15) is 0 Å². The molecule has 2 aromatic carbocycles. The minimum atomic E-state index is -0.0983. The predicted molar refractivity (Wildman–Crippen MR) is 136 cm³/mol. The van der Waals surface area contributed by atoms with Gasteiger partial charge >= 0.3 is 0 Å². The average Bonchev–Trinajstić information content (AvgIpc) is 3.38. The normalized spacial score (nSPS) is 16.4. The topological polar surface area (TPSA) is 63.1 Å². The van der Waals surface area contributed by atoms with Crippen LogP contribution in [0.15, 0.2) is 42.5 Å². The van der Waals surface area contributed by atoms with E-state index >= 15 is 0 Å². The standard InChI is InChI=1S/C25H26ClN5OS/c1-15-9-11-19(12-10-15)31-23-22(17(3)29-31)33-25(28-23)30-13-5-6-18(14-30)24(32)27-21-8-4-7-20(26)16(21)2/h4,7-12,18H,5-6,13-14H2,1-3H3,(H,27,32)/t18-/m1/s1. The van der Waals surface area contributed by atoms with E-state index in [0.717, 1.165) is 57.5 Å². The van der Waals surface area contributed by atoms with Crippen LogP contribution in [0.3, 0.4) is 0 Å². The Labute approximate surface area is 202 Å². The van der Waals surface area contributed by atoms with E-state index in [1.807, 2.05) is 36.7 Å². The quantitative estimate of drug-likeness (QED) is 0.395. The molecule has 0 saturated carbocycles. The first-order valence-corrected chi connectivity index (χ1v) is 12.3. The smallest absolute Gasteiger partial charge is 0.229 e. The van der Waals surface area contributed by atoms with Gasteiger partial charge in [0, 0.05) is 23.8 Å². The summed E-state index contributed by atoms with van der Waals surface area (Å²) in [6.45, 7) is 7.57. The fourth-order valence-electron chi connectivity index (χ4n) is 4.27. The number of benzene rings is 2. The molecular weight excluding hydrogens is 454 g/mol. The first-order chi connectivity index (χ1) is 15.9. The van der Waals surface area contributed by atoms with E-state index in [4.69, 9.17) is 21.7 Å². The summed E-state index contributed by atoms with van der Waals surface area (Å²) in [4.78, 5) is 20.2. The number of halogens is 1. The first kappa shape index (κ1) is 21.9. The van der Waals surface area contributed by atoms with Gasteiger partial charge < -0.3 is 10.2 Å². The van der Waals surface area contributed by atoms with Crippen molar-refractivity contribution in [3.8, 4) is 5.69 Å². The largest absolute Gasteiger partial charge is 0.347 e. The van der Waals surface area contributed by atoms with Crippen LogP contribution in [0.25, 0.3) is 16.0 Å². The Kier molecular flexibility index (Phi) is 5.85. The van der Waals surface area contributed by atoms with Gasteiger partial charge in [-0.05, 0) is 63.4 Å². The molecule has 0 bridgehead atoms. The van der Waals surface area contributed by atoms with Crippen molar-refractivity contribution in [1.82, 2.24) is 14.8 Å². The van der Waals surface area contributed by atoms with E-state index in [2.05, 4.69) is 41.4 Å². The van der Waals surface area contributed by atoms with Crippen molar-refractivity contribution < 1.29 is 4.79 Å². The number of aromatic nitrogens is 3. The molecular formula is C25H26ClN5OS. The van der Waals surface area contributed by atoms with E-state index in [-0.39, 0.29) is 11.8 Å². The number of hydrogen-bond acceptors (Lipinski definition) is 5. The molecule has 1 atom stereocenters. The predicted octanol–water partition coefficient (Wildman–Crippen LogP) is 5.92. The second-order valence-electron chi connectivity index (χ2n) is 8.67. The Morgan fingerprint density at radius 1 is 1.15 bits per heavy atom. The fraction of sp³-hybridized carbons (Fsp3) is 0.320. The van der Waals surface area contributed by atoms with Crippen LogP contribution >= 0.6 is 22.9 Å². The van der Waals surface area contributed by atoms with Crippen molar-refractivity contribution in [1.29, 1.82) is 0 Å². The molecule has 6 nitrogen and oxygen atoms in total. The number of carbonyl (C=O) groups excluding carboxylic acids is 1. The molecule has 2 aromatic heterocycles. The third kappa shape index (κ3) is 4.23. The Hall–Kier alpha value is -2.90. The summed E-state index contributed by atoms with van der Waals surface area (Å²) in [5.74, 6) is -0.0629. The van der Waals surface area contributed by atoms with Crippen molar-refractivity contribution in [2.75, 3.05) is 23.3 Å². The second kappa shape index (κ2) is 8.80.